The third-order valence-corrected chi connectivity index (χ3v) is 5.94. The number of fused-ring (bicyclic) bond motifs is 1. The van der Waals surface area contributed by atoms with E-state index in [1.807, 2.05) is 0 Å². The first kappa shape index (κ1) is 16.7. The fourth-order valence-corrected chi connectivity index (χ4v) is 4.45. The summed E-state index contributed by atoms with van der Waals surface area (Å²) in [6.07, 6.45) is 1.39. The highest BCUT2D eigenvalue weighted by atomic mass is 35.5. The summed E-state index contributed by atoms with van der Waals surface area (Å²) in [7, 11) is 2.06. The third kappa shape index (κ3) is 2.89. The normalized spacial score (nSPS) is 18.0. The van der Waals surface area contributed by atoms with Crippen molar-refractivity contribution in [2.45, 2.75) is 6.04 Å². The third-order valence-electron chi connectivity index (χ3n) is 4.57. The van der Waals surface area contributed by atoms with E-state index in [9.17, 15) is 9.50 Å². The van der Waals surface area contributed by atoms with E-state index in [2.05, 4.69) is 26.9 Å². The molecule has 0 saturated carbocycles. The van der Waals surface area contributed by atoms with E-state index in [0.717, 1.165) is 26.2 Å². The molecule has 1 aliphatic rings. The molecule has 1 saturated heterocycles. The van der Waals surface area contributed by atoms with Gasteiger partial charge < -0.3 is 10.0 Å². The van der Waals surface area contributed by atoms with Crippen LogP contribution in [0.25, 0.3) is 4.96 Å². The first-order chi connectivity index (χ1) is 12.1. The number of aromatic nitrogens is 3. The Morgan fingerprint density at radius 1 is 1.28 bits per heavy atom. The van der Waals surface area contributed by atoms with E-state index in [1.165, 1.54) is 28.2 Å². The van der Waals surface area contributed by atoms with Gasteiger partial charge in [0.2, 0.25) is 10.8 Å². The predicted octanol–water partition coefficient (Wildman–Crippen LogP) is 2.63. The van der Waals surface area contributed by atoms with Crippen molar-refractivity contribution in [3.8, 4) is 5.88 Å². The Kier molecular flexibility index (Phi) is 4.36. The lowest BCUT2D eigenvalue weighted by atomic mass is 10.0. The van der Waals surface area contributed by atoms with Crippen LogP contribution in [0.3, 0.4) is 0 Å². The Bertz CT molecular complexity index is 905. The molecule has 0 radical (unpaired) electrons. The number of piperazine rings is 1. The van der Waals surface area contributed by atoms with Crippen molar-refractivity contribution in [2.75, 3.05) is 33.2 Å². The Balaban J connectivity index is 1.84. The van der Waals surface area contributed by atoms with E-state index >= 15 is 0 Å². The number of thiazole rings is 1. The fourth-order valence-electron chi connectivity index (χ4n) is 3.19. The maximum Gasteiger partial charge on any atom is 0.230 e. The van der Waals surface area contributed by atoms with Crippen molar-refractivity contribution in [1.29, 1.82) is 0 Å². The maximum absolute atomic E-state index is 14.8. The second-order valence-electron chi connectivity index (χ2n) is 6.13. The van der Waals surface area contributed by atoms with Crippen LogP contribution < -0.4 is 0 Å². The van der Waals surface area contributed by atoms with Crippen LogP contribution in [0.5, 0.6) is 5.88 Å². The lowest BCUT2D eigenvalue weighted by Crippen LogP contribution is -2.46. The minimum Gasteiger partial charge on any atom is -0.492 e. The first-order valence-corrected chi connectivity index (χ1v) is 9.13. The van der Waals surface area contributed by atoms with Gasteiger partial charge in [0, 0.05) is 31.7 Å². The molecule has 2 aromatic heterocycles. The molecule has 0 aliphatic carbocycles. The number of hydrogen-bond acceptors (Lipinski definition) is 6. The highest BCUT2D eigenvalue weighted by Gasteiger charge is 2.33. The number of hydrogen-bond donors (Lipinski definition) is 1. The molecule has 9 heteroatoms. The number of benzene rings is 1. The zero-order valence-corrected chi connectivity index (χ0v) is 15.1. The molecule has 0 spiro atoms. The average molecular weight is 382 g/mol. The summed E-state index contributed by atoms with van der Waals surface area (Å²) in [5.74, 6) is -0.452. The van der Waals surface area contributed by atoms with Crippen molar-refractivity contribution in [2.24, 2.45) is 0 Å². The van der Waals surface area contributed by atoms with E-state index in [4.69, 9.17) is 11.6 Å². The second kappa shape index (κ2) is 6.53. The number of nitrogens with zero attached hydrogens (tertiary/aromatic N) is 5. The van der Waals surface area contributed by atoms with Crippen LogP contribution in [-0.4, -0.2) is 62.7 Å². The summed E-state index contributed by atoms with van der Waals surface area (Å²) in [6.45, 7) is 3.28. The Morgan fingerprint density at radius 3 is 2.76 bits per heavy atom. The van der Waals surface area contributed by atoms with E-state index < -0.39 is 11.9 Å². The zero-order chi connectivity index (χ0) is 17.6. The van der Waals surface area contributed by atoms with Crippen LogP contribution in [0.4, 0.5) is 4.39 Å². The van der Waals surface area contributed by atoms with Gasteiger partial charge in [0.25, 0.3) is 0 Å². The topological polar surface area (TPSA) is 56.9 Å². The first-order valence-electron chi connectivity index (χ1n) is 7.94. The highest BCUT2D eigenvalue weighted by Crippen LogP contribution is 2.41. The molecule has 1 unspecified atom stereocenters. The summed E-state index contributed by atoms with van der Waals surface area (Å²) >= 11 is 7.33. The maximum atomic E-state index is 14.8. The molecule has 3 aromatic rings. The quantitative estimate of drug-likeness (QED) is 0.755. The molecule has 132 valence electrons. The fraction of sp³-hybridized carbons (Fsp3) is 0.375. The van der Waals surface area contributed by atoms with Gasteiger partial charge in [0.1, 0.15) is 12.1 Å². The van der Waals surface area contributed by atoms with Crippen LogP contribution in [0, 0.1) is 5.82 Å². The lowest BCUT2D eigenvalue weighted by molar-refractivity contribution is 0.125. The molecule has 0 amide bonds. The summed E-state index contributed by atoms with van der Waals surface area (Å²) in [4.78, 5) is 9.73. The minimum absolute atomic E-state index is 0.000744. The van der Waals surface area contributed by atoms with Crippen molar-refractivity contribution in [3.05, 3.63) is 45.8 Å². The number of rotatable bonds is 3. The van der Waals surface area contributed by atoms with Crippen LogP contribution in [0.1, 0.15) is 16.5 Å². The Morgan fingerprint density at radius 2 is 2.04 bits per heavy atom. The summed E-state index contributed by atoms with van der Waals surface area (Å²) < 4.78 is 16.2. The number of halogens is 2. The van der Waals surface area contributed by atoms with Crippen molar-refractivity contribution >= 4 is 27.9 Å². The minimum atomic E-state index is -0.452. The summed E-state index contributed by atoms with van der Waals surface area (Å²) in [5, 5.41) is 14.7. The molecule has 6 nitrogen and oxygen atoms in total. The number of likely N-dealkylation sites (N-methyl/N-ethyl adjacent to an activating group) is 1. The molecule has 1 fully saturated rings. The molecule has 1 atom stereocenters. The second-order valence-corrected chi connectivity index (χ2v) is 7.55. The number of aromatic hydroxyl groups is 1. The lowest BCUT2D eigenvalue weighted by Gasteiger charge is -2.37. The molecule has 1 N–H and O–H groups in total. The molecule has 0 bridgehead atoms. The van der Waals surface area contributed by atoms with Gasteiger partial charge in [-0.15, -0.1) is 0 Å². The van der Waals surface area contributed by atoms with E-state index in [-0.39, 0.29) is 10.9 Å². The van der Waals surface area contributed by atoms with Gasteiger partial charge in [-0.2, -0.15) is 9.61 Å². The Hall–Kier alpha value is -1.74. The van der Waals surface area contributed by atoms with Crippen molar-refractivity contribution < 1.29 is 9.50 Å². The Labute approximate surface area is 153 Å². The van der Waals surface area contributed by atoms with E-state index in [0.29, 0.717) is 15.4 Å². The van der Waals surface area contributed by atoms with Gasteiger partial charge in [0.05, 0.1) is 15.9 Å². The summed E-state index contributed by atoms with van der Waals surface area (Å²) in [5.41, 5.74) is 0.455. The molecule has 3 heterocycles. The van der Waals surface area contributed by atoms with Crippen LogP contribution in [-0.2, 0) is 0 Å². The SMILES string of the molecule is CN1CCN(C(c2cccc(Cl)c2F)c2sc3ncnn3c2O)CC1. The molecule has 4 rings (SSSR count). The standard InChI is InChI=1S/C16H17ClFN5OS/c1-21-5-7-22(8-6-21)13(10-3-2-4-11(17)12(10)18)14-15(24)23-16(25-14)19-9-20-23/h2-4,9,13,24H,5-8H2,1H3. The predicted molar refractivity (Wildman–Crippen MR) is 94.9 cm³/mol. The van der Waals surface area contributed by atoms with Gasteiger partial charge in [-0.25, -0.2) is 9.37 Å². The molecular weight excluding hydrogens is 365 g/mol. The van der Waals surface area contributed by atoms with Crippen molar-refractivity contribution in [1.82, 2.24) is 24.4 Å². The van der Waals surface area contributed by atoms with Gasteiger partial charge in [-0.3, -0.25) is 4.90 Å². The molecule has 25 heavy (non-hydrogen) atoms. The molecular formula is C16H17ClFN5OS. The van der Waals surface area contributed by atoms with Gasteiger partial charge in [-0.1, -0.05) is 35.1 Å². The molecule has 1 aromatic carbocycles. The van der Waals surface area contributed by atoms with Gasteiger partial charge in [0.15, 0.2) is 0 Å². The monoisotopic (exact) mass is 381 g/mol. The smallest absolute Gasteiger partial charge is 0.230 e. The average Bonchev–Trinajstić information content (AvgIpc) is 3.17. The van der Waals surface area contributed by atoms with Crippen LogP contribution >= 0.6 is 22.9 Å². The molecule has 1 aliphatic heterocycles. The van der Waals surface area contributed by atoms with Crippen molar-refractivity contribution in [3.63, 3.8) is 0 Å². The van der Waals surface area contributed by atoms with Crippen LogP contribution in [0.15, 0.2) is 24.5 Å². The largest absolute Gasteiger partial charge is 0.492 e. The van der Waals surface area contributed by atoms with Crippen LogP contribution in [0.2, 0.25) is 5.02 Å². The van der Waals surface area contributed by atoms with Gasteiger partial charge in [-0.05, 0) is 13.1 Å². The van der Waals surface area contributed by atoms with E-state index in [1.54, 1.807) is 12.1 Å². The zero-order valence-electron chi connectivity index (χ0n) is 13.6. The highest BCUT2D eigenvalue weighted by molar-refractivity contribution is 7.17. The van der Waals surface area contributed by atoms with Gasteiger partial charge >= 0.3 is 0 Å². The summed E-state index contributed by atoms with van der Waals surface area (Å²) in [6, 6.07) is 4.56.